The first-order valence-corrected chi connectivity index (χ1v) is 7.45. The van der Waals surface area contributed by atoms with Gasteiger partial charge in [0.25, 0.3) is 0 Å². The third kappa shape index (κ3) is 4.27. The van der Waals surface area contributed by atoms with Gasteiger partial charge < -0.3 is 9.84 Å². The van der Waals surface area contributed by atoms with Gasteiger partial charge in [0, 0.05) is 0 Å². The highest BCUT2D eigenvalue weighted by atomic mass is 32.2. The maximum Gasteiger partial charge on any atom is 0.304 e. The largest absolute Gasteiger partial charge is 0.481 e. The Labute approximate surface area is 102 Å². The number of hydrogen-bond acceptors (Lipinski definition) is 4. The predicted octanol–water partition coefficient (Wildman–Crippen LogP) is 1.22. The summed E-state index contributed by atoms with van der Waals surface area (Å²) >= 11 is 0. The quantitative estimate of drug-likeness (QED) is 0.807. The number of ether oxygens (including phenoxy) is 1. The first-order chi connectivity index (χ1) is 7.62. The standard InChI is InChI=1S/C11H20O5S/c1-8(6-10(12)13)17(14,15)7-9-4-5-11(2,3)16-9/h8-9H,4-7H2,1-3H3,(H,12,13). The van der Waals surface area contributed by atoms with E-state index in [0.717, 1.165) is 6.42 Å². The Morgan fingerprint density at radius 3 is 2.53 bits per heavy atom. The van der Waals surface area contributed by atoms with Crippen molar-refractivity contribution in [2.45, 2.75) is 57.0 Å². The lowest BCUT2D eigenvalue weighted by Crippen LogP contribution is -2.31. The molecular weight excluding hydrogens is 244 g/mol. The molecule has 0 spiro atoms. The van der Waals surface area contributed by atoms with Crippen LogP contribution in [0, 0.1) is 0 Å². The van der Waals surface area contributed by atoms with Gasteiger partial charge in [-0.2, -0.15) is 0 Å². The van der Waals surface area contributed by atoms with E-state index in [-0.39, 0.29) is 23.9 Å². The van der Waals surface area contributed by atoms with Crippen molar-refractivity contribution in [2.75, 3.05) is 5.75 Å². The fourth-order valence-corrected chi connectivity index (χ4v) is 3.47. The van der Waals surface area contributed by atoms with Crippen molar-refractivity contribution >= 4 is 15.8 Å². The van der Waals surface area contributed by atoms with Gasteiger partial charge in [0.05, 0.1) is 29.1 Å². The fraction of sp³-hybridized carbons (Fsp3) is 0.909. The van der Waals surface area contributed by atoms with Crippen molar-refractivity contribution in [1.82, 2.24) is 0 Å². The molecule has 0 aromatic heterocycles. The van der Waals surface area contributed by atoms with Crippen molar-refractivity contribution in [3.8, 4) is 0 Å². The topological polar surface area (TPSA) is 80.7 Å². The molecular formula is C11H20O5S. The van der Waals surface area contributed by atoms with E-state index in [1.165, 1.54) is 6.92 Å². The molecule has 1 N–H and O–H groups in total. The van der Waals surface area contributed by atoms with Gasteiger partial charge in [-0.3, -0.25) is 4.79 Å². The van der Waals surface area contributed by atoms with Crippen LogP contribution in [0.3, 0.4) is 0 Å². The molecule has 1 aliphatic heterocycles. The Bertz CT molecular complexity index is 385. The highest BCUT2D eigenvalue weighted by Gasteiger charge is 2.36. The zero-order valence-electron chi connectivity index (χ0n) is 10.5. The summed E-state index contributed by atoms with van der Waals surface area (Å²) in [5, 5.41) is 7.74. The monoisotopic (exact) mass is 264 g/mol. The minimum absolute atomic E-state index is 0.0785. The van der Waals surface area contributed by atoms with Gasteiger partial charge in [-0.05, 0) is 33.6 Å². The van der Waals surface area contributed by atoms with Crippen LogP contribution in [0.5, 0.6) is 0 Å². The van der Waals surface area contributed by atoms with Crippen LogP contribution in [0.2, 0.25) is 0 Å². The van der Waals surface area contributed by atoms with E-state index >= 15 is 0 Å². The molecule has 0 aromatic carbocycles. The maximum absolute atomic E-state index is 11.9. The van der Waals surface area contributed by atoms with Crippen molar-refractivity contribution in [3.05, 3.63) is 0 Å². The van der Waals surface area contributed by atoms with Crippen LogP contribution in [-0.2, 0) is 19.4 Å². The van der Waals surface area contributed by atoms with Crippen LogP contribution >= 0.6 is 0 Å². The second kappa shape index (κ2) is 4.94. The zero-order valence-corrected chi connectivity index (χ0v) is 11.3. The van der Waals surface area contributed by atoms with Crippen LogP contribution in [-0.4, -0.2) is 42.2 Å². The molecule has 0 saturated carbocycles. The highest BCUT2D eigenvalue weighted by molar-refractivity contribution is 7.92. The van der Waals surface area contributed by atoms with E-state index in [4.69, 9.17) is 9.84 Å². The number of aliphatic carboxylic acids is 1. The molecule has 1 fully saturated rings. The van der Waals surface area contributed by atoms with Gasteiger partial charge >= 0.3 is 5.97 Å². The van der Waals surface area contributed by atoms with E-state index in [9.17, 15) is 13.2 Å². The summed E-state index contributed by atoms with van der Waals surface area (Å²) < 4.78 is 29.4. The normalized spacial score (nSPS) is 25.7. The number of carbonyl (C=O) groups is 1. The van der Waals surface area contributed by atoms with E-state index in [1.807, 2.05) is 13.8 Å². The molecule has 17 heavy (non-hydrogen) atoms. The third-order valence-electron chi connectivity index (χ3n) is 3.05. The van der Waals surface area contributed by atoms with Crippen molar-refractivity contribution in [3.63, 3.8) is 0 Å². The van der Waals surface area contributed by atoms with Gasteiger partial charge in [0.15, 0.2) is 9.84 Å². The summed E-state index contributed by atoms with van der Waals surface area (Å²) in [6.07, 6.45) is 0.900. The van der Waals surface area contributed by atoms with Gasteiger partial charge in [0.2, 0.25) is 0 Å². The minimum Gasteiger partial charge on any atom is -0.481 e. The van der Waals surface area contributed by atoms with Gasteiger partial charge in [-0.1, -0.05) is 0 Å². The van der Waals surface area contributed by atoms with Crippen LogP contribution in [0.4, 0.5) is 0 Å². The molecule has 2 atom stereocenters. The number of carboxylic acids is 1. The van der Waals surface area contributed by atoms with Crippen molar-refractivity contribution in [1.29, 1.82) is 0 Å². The number of sulfone groups is 1. The molecule has 2 unspecified atom stereocenters. The lowest BCUT2D eigenvalue weighted by Gasteiger charge is -2.20. The molecule has 0 bridgehead atoms. The molecule has 0 aliphatic carbocycles. The molecule has 1 heterocycles. The van der Waals surface area contributed by atoms with E-state index in [0.29, 0.717) is 6.42 Å². The summed E-state index contributed by atoms with van der Waals surface area (Å²) in [6, 6.07) is 0. The predicted molar refractivity (Wildman–Crippen MR) is 63.7 cm³/mol. The molecule has 100 valence electrons. The molecule has 0 amide bonds. The summed E-state index contributed by atoms with van der Waals surface area (Å²) in [6.45, 7) is 5.30. The van der Waals surface area contributed by atoms with Crippen molar-refractivity contribution in [2.24, 2.45) is 0 Å². The Hall–Kier alpha value is -0.620. The van der Waals surface area contributed by atoms with Crippen molar-refractivity contribution < 1.29 is 23.1 Å². The molecule has 0 aromatic rings. The van der Waals surface area contributed by atoms with Gasteiger partial charge in [0.1, 0.15) is 0 Å². The van der Waals surface area contributed by atoms with Crippen LogP contribution in [0.1, 0.15) is 40.0 Å². The van der Waals surface area contributed by atoms with Gasteiger partial charge in [-0.15, -0.1) is 0 Å². The Morgan fingerprint density at radius 2 is 2.12 bits per heavy atom. The molecule has 5 nitrogen and oxygen atoms in total. The van der Waals surface area contributed by atoms with Gasteiger partial charge in [-0.25, -0.2) is 8.42 Å². The fourth-order valence-electron chi connectivity index (χ4n) is 1.99. The number of hydrogen-bond donors (Lipinski definition) is 1. The summed E-state index contributed by atoms with van der Waals surface area (Å²) in [5.74, 6) is -1.17. The van der Waals surface area contributed by atoms with Crippen LogP contribution in [0.25, 0.3) is 0 Å². The van der Waals surface area contributed by atoms with E-state index in [1.54, 1.807) is 0 Å². The smallest absolute Gasteiger partial charge is 0.304 e. The molecule has 1 saturated heterocycles. The van der Waals surface area contributed by atoms with Crippen LogP contribution < -0.4 is 0 Å². The third-order valence-corrected chi connectivity index (χ3v) is 5.28. The average molecular weight is 264 g/mol. The lowest BCUT2D eigenvalue weighted by atomic mass is 10.1. The average Bonchev–Trinajstić information content (AvgIpc) is 2.43. The van der Waals surface area contributed by atoms with E-state index in [2.05, 4.69) is 0 Å². The lowest BCUT2D eigenvalue weighted by molar-refractivity contribution is -0.136. The van der Waals surface area contributed by atoms with E-state index < -0.39 is 21.1 Å². The first-order valence-electron chi connectivity index (χ1n) is 5.73. The number of rotatable bonds is 5. The summed E-state index contributed by atoms with van der Waals surface area (Å²) in [7, 11) is -3.39. The summed E-state index contributed by atoms with van der Waals surface area (Å²) in [5.41, 5.74) is -0.268. The second-order valence-electron chi connectivity index (χ2n) is 5.28. The number of carboxylic acid groups (broad SMARTS) is 1. The Balaban J connectivity index is 2.59. The molecule has 6 heteroatoms. The Morgan fingerprint density at radius 1 is 1.53 bits per heavy atom. The maximum atomic E-state index is 11.9. The SMILES string of the molecule is CC(CC(=O)O)S(=O)(=O)CC1CCC(C)(C)O1. The molecule has 1 rings (SSSR count). The van der Waals surface area contributed by atoms with Crippen LogP contribution in [0.15, 0.2) is 0 Å². The second-order valence-corrected chi connectivity index (χ2v) is 7.74. The highest BCUT2D eigenvalue weighted by Crippen LogP contribution is 2.30. The molecule has 0 radical (unpaired) electrons. The summed E-state index contributed by atoms with van der Waals surface area (Å²) in [4.78, 5) is 10.5. The Kier molecular flexibility index (Phi) is 4.19. The minimum atomic E-state index is -3.39. The zero-order chi connectivity index (χ0) is 13.3. The molecule has 1 aliphatic rings. The first kappa shape index (κ1) is 14.4.